The standard InChI is InChI=1S/C17H14F2N2O4S/c1-10-7-16(25-20-10)11-3-6-15(24-2)17(8-11)26(22,23)21-12-4-5-13(18)14(19)9-12/h3-9,21H,1-2H3. The first kappa shape index (κ1) is 17.9. The highest BCUT2D eigenvalue weighted by Gasteiger charge is 2.22. The number of aromatic nitrogens is 1. The summed E-state index contributed by atoms with van der Waals surface area (Å²) in [6.07, 6.45) is 0. The van der Waals surface area contributed by atoms with Gasteiger partial charge in [-0.25, -0.2) is 17.2 Å². The lowest BCUT2D eigenvalue weighted by atomic mass is 10.1. The van der Waals surface area contributed by atoms with Crippen LogP contribution in [-0.2, 0) is 10.0 Å². The molecule has 0 saturated carbocycles. The number of nitrogens with zero attached hydrogens (tertiary/aromatic N) is 1. The monoisotopic (exact) mass is 380 g/mol. The maximum absolute atomic E-state index is 13.3. The molecule has 1 heterocycles. The second-order valence-electron chi connectivity index (χ2n) is 5.43. The van der Waals surface area contributed by atoms with Crippen molar-refractivity contribution in [2.75, 3.05) is 11.8 Å². The Labute approximate surface area is 148 Å². The van der Waals surface area contributed by atoms with Crippen molar-refractivity contribution in [1.29, 1.82) is 0 Å². The lowest BCUT2D eigenvalue weighted by molar-refractivity contribution is 0.402. The van der Waals surface area contributed by atoms with Crippen LogP contribution in [0.15, 0.2) is 51.9 Å². The molecule has 9 heteroatoms. The highest BCUT2D eigenvalue weighted by molar-refractivity contribution is 7.92. The van der Waals surface area contributed by atoms with E-state index in [1.165, 1.54) is 19.2 Å². The van der Waals surface area contributed by atoms with Crippen LogP contribution in [-0.4, -0.2) is 20.7 Å². The summed E-state index contributed by atoms with van der Waals surface area (Å²) in [4.78, 5) is -0.184. The molecule has 0 spiro atoms. The first-order chi connectivity index (χ1) is 12.3. The average molecular weight is 380 g/mol. The molecule has 6 nitrogen and oxygen atoms in total. The summed E-state index contributed by atoms with van der Waals surface area (Å²) in [5, 5.41) is 3.76. The second-order valence-corrected chi connectivity index (χ2v) is 7.08. The van der Waals surface area contributed by atoms with E-state index in [-0.39, 0.29) is 16.3 Å². The van der Waals surface area contributed by atoms with Gasteiger partial charge in [-0.1, -0.05) is 5.16 Å². The summed E-state index contributed by atoms with van der Waals surface area (Å²) >= 11 is 0. The summed E-state index contributed by atoms with van der Waals surface area (Å²) in [6.45, 7) is 1.73. The molecule has 1 aromatic heterocycles. The quantitative estimate of drug-likeness (QED) is 0.729. The van der Waals surface area contributed by atoms with Gasteiger partial charge in [0.1, 0.15) is 10.6 Å². The van der Waals surface area contributed by atoms with Crippen molar-refractivity contribution in [2.45, 2.75) is 11.8 Å². The van der Waals surface area contributed by atoms with Crippen LogP contribution in [0, 0.1) is 18.6 Å². The molecule has 0 saturated heterocycles. The van der Waals surface area contributed by atoms with Crippen LogP contribution in [0.1, 0.15) is 5.69 Å². The predicted octanol–water partition coefficient (Wildman–Crippen LogP) is 3.74. The molecule has 0 unspecified atom stereocenters. The maximum Gasteiger partial charge on any atom is 0.265 e. The molecule has 0 amide bonds. The van der Waals surface area contributed by atoms with Gasteiger partial charge in [-0.3, -0.25) is 4.72 Å². The van der Waals surface area contributed by atoms with E-state index < -0.39 is 21.7 Å². The van der Waals surface area contributed by atoms with E-state index >= 15 is 0 Å². The molecule has 3 aromatic rings. The van der Waals surface area contributed by atoms with Crippen LogP contribution >= 0.6 is 0 Å². The van der Waals surface area contributed by atoms with Gasteiger partial charge in [-0.15, -0.1) is 0 Å². The SMILES string of the molecule is COc1ccc(-c2cc(C)no2)cc1S(=O)(=O)Nc1ccc(F)c(F)c1. The Bertz CT molecular complexity index is 1060. The molecule has 0 aliphatic rings. The number of methoxy groups -OCH3 is 1. The average Bonchev–Trinajstić information content (AvgIpc) is 3.04. The van der Waals surface area contributed by atoms with Gasteiger partial charge in [-0.05, 0) is 37.3 Å². The number of benzene rings is 2. The number of rotatable bonds is 5. The Hall–Kier alpha value is -2.94. The minimum absolute atomic E-state index is 0.0834. The Morgan fingerprint density at radius 2 is 1.85 bits per heavy atom. The van der Waals surface area contributed by atoms with Crippen molar-refractivity contribution in [2.24, 2.45) is 0 Å². The number of anilines is 1. The van der Waals surface area contributed by atoms with Gasteiger partial charge in [0.05, 0.1) is 18.5 Å². The van der Waals surface area contributed by atoms with E-state index in [2.05, 4.69) is 9.88 Å². The number of hydrogen-bond acceptors (Lipinski definition) is 5. The first-order valence-corrected chi connectivity index (χ1v) is 8.88. The van der Waals surface area contributed by atoms with E-state index in [1.807, 2.05) is 0 Å². The molecular weight excluding hydrogens is 366 g/mol. The lowest BCUT2D eigenvalue weighted by Gasteiger charge is -2.12. The summed E-state index contributed by atoms with van der Waals surface area (Å²) in [5.41, 5.74) is 0.990. The van der Waals surface area contributed by atoms with Crippen LogP contribution < -0.4 is 9.46 Å². The van der Waals surface area contributed by atoms with Crippen LogP contribution in [0.5, 0.6) is 5.75 Å². The summed E-state index contributed by atoms with van der Waals surface area (Å²) in [7, 11) is -2.81. The Balaban J connectivity index is 2.03. The van der Waals surface area contributed by atoms with Crippen molar-refractivity contribution in [1.82, 2.24) is 5.16 Å². The number of aryl methyl sites for hydroxylation is 1. The fraction of sp³-hybridized carbons (Fsp3) is 0.118. The Morgan fingerprint density at radius 1 is 1.08 bits per heavy atom. The van der Waals surface area contributed by atoms with E-state index in [0.717, 1.165) is 18.2 Å². The summed E-state index contributed by atoms with van der Waals surface area (Å²) < 4.78 is 64.2. The fourth-order valence-electron chi connectivity index (χ4n) is 2.31. The first-order valence-electron chi connectivity index (χ1n) is 7.40. The number of hydrogen-bond donors (Lipinski definition) is 1. The van der Waals surface area contributed by atoms with Gasteiger partial charge in [-0.2, -0.15) is 0 Å². The van der Waals surface area contributed by atoms with E-state index in [0.29, 0.717) is 17.0 Å². The third kappa shape index (κ3) is 3.52. The van der Waals surface area contributed by atoms with Gasteiger partial charge >= 0.3 is 0 Å². The second kappa shape index (κ2) is 6.75. The Morgan fingerprint density at radius 3 is 2.46 bits per heavy atom. The van der Waals surface area contributed by atoms with Gasteiger partial charge in [0.2, 0.25) is 0 Å². The van der Waals surface area contributed by atoms with E-state index in [9.17, 15) is 17.2 Å². The van der Waals surface area contributed by atoms with Crippen molar-refractivity contribution >= 4 is 15.7 Å². The minimum atomic E-state index is -4.14. The maximum atomic E-state index is 13.3. The zero-order valence-electron chi connectivity index (χ0n) is 13.8. The van der Waals surface area contributed by atoms with Gasteiger partial charge in [0.15, 0.2) is 17.4 Å². The lowest BCUT2D eigenvalue weighted by Crippen LogP contribution is -2.14. The highest BCUT2D eigenvalue weighted by Crippen LogP contribution is 2.31. The molecule has 26 heavy (non-hydrogen) atoms. The molecule has 1 N–H and O–H groups in total. The smallest absolute Gasteiger partial charge is 0.265 e. The molecule has 3 rings (SSSR count). The van der Waals surface area contributed by atoms with E-state index in [4.69, 9.17) is 9.26 Å². The van der Waals surface area contributed by atoms with Crippen molar-refractivity contribution in [3.05, 3.63) is 59.8 Å². The molecule has 0 aliphatic carbocycles. The normalized spacial score (nSPS) is 11.4. The molecule has 136 valence electrons. The highest BCUT2D eigenvalue weighted by atomic mass is 32.2. The molecule has 0 bridgehead atoms. The van der Waals surface area contributed by atoms with Crippen molar-refractivity contribution < 1.29 is 26.5 Å². The van der Waals surface area contributed by atoms with Crippen LogP contribution in [0.3, 0.4) is 0 Å². The molecule has 0 aliphatic heterocycles. The van der Waals surface area contributed by atoms with Crippen molar-refractivity contribution in [3.8, 4) is 17.1 Å². The minimum Gasteiger partial charge on any atom is -0.495 e. The summed E-state index contributed by atoms with van der Waals surface area (Å²) in [6, 6.07) is 8.79. The third-order valence-corrected chi connectivity index (χ3v) is 4.94. The molecule has 2 aromatic carbocycles. The van der Waals surface area contributed by atoms with E-state index in [1.54, 1.807) is 19.1 Å². The Kier molecular flexibility index (Phi) is 4.64. The zero-order valence-corrected chi connectivity index (χ0v) is 14.6. The largest absolute Gasteiger partial charge is 0.495 e. The molecule has 0 fully saturated rings. The van der Waals surface area contributed by atoms with Crippen LogP contribution in [0.4, 0.5) is 14.5 Å². The van der Waals surface area contributed by atoms with Crippen LogP contribution in [0.2, 0.25) is 0 Å². The zero-order chi connectivity index (χ0) is 18.9. The molecule has 0 atom stereocenters. The number of nitrogens with one attached hydrogen (secondary N) is 1. The van der Waals surface area contributed by atoms with Gasteiger partial charge < -0.3 is 9.26 Å². The fourth-order valence-corrected chi connectivity index (χ4v) is 3.55. The van der Waals surface area contributed by atoms with Crippen molar-refractivity contribution in [3.63, 3.8) is 0 Å². The summed E-state index contributed by atoms with van der Waals surface area (Å²) in [5.74, 6) is -1.77. The van der Waals surface area contributed by atoms with Gasteiger partial charge in [0.25, 0.3) is 10.0 Å². The molecular formula is C17H14F2N2O4S. The number of halogens is 2. The number of ether oxygens (including phenoxy) is 1. The number of sulfonamides is 1. The third-order valence-electron chi connectivity index (χ3n) is 3.54. The molecule has 0 radical (unpaired) electrons. The predicted molar refractivity (Wildman–Crippen MR) is 90.4 cm³/mol. The topological polar surface area (TPSA) is 81.4 Å². The van der Waals surface area contributed by atoms with Crippen LogP contribution in [0.25, 0.3) is 11.3 Å². The van der Waals surface area contributed by atoms with Gasteiger partial charge in [0, 0.05) is 17.7 Å².